The molecule has 1 unspecified atom stereocenters. The molecule has 2 aromatic heterocycles. The average Bonchev–Trinajstić information content (AvgIpc) is 3.01. The van der Waals surface area contributed by atoms with Gasteiger partial charge >= 0.3 is 0 Å². The van der Waals surface area contributed by atoms with Gasteiger partial charge in [0.15, 0.2) is 0 Å². The number of rotatable bonds is 4. The van der Waals surface area contributed by atoms with E-state index in [2.05, 4.69) is 25.6 Å². The lowest BCUT2D eigenvalue weighted by Crippen LogP contribution is -2.14. The highest BCUT2D eigenvalue weighted by atomic mass is 35.5. The maximum Gasteiger partial charge on any atom is 0.144 e. The van der Waals surface area contributed by atoms with Crippen LogP contribution in [0.3, 0.4) is 0 Å². The maximum atomic E-state index is 4.47. The van der Waals surface area contributed by atoms with Crippen LogP contribution in [-0.2, 0) is 6.54 Å². The number of anilines is 1. The van der Waals surface area contributed by atoms with Crippen molar-refractivity contribution >= 4 is 18.2 Å². The topological polar surface area (TPSA) is 62.7 Å². The molecule has 6 heteroatoms. The van der Waals surface area contributed by atoms with E-state index in [4.69, 9.17) is 0 Å². The first-order valence-electron chi connectivity index (χ1n) is 6.60. The number of nitrogens with one attached hydrogen (secondary N) is 2. The summed E-state index contributed by atoms with van der Waals surface area (Å²) in [6.45, 7) is 1.81. The van der Waals surface area contributed by atoms with Gasteiger partial charge in [0, 0.05) is 18.9 Å². The number of halogens is 1. The third-order valence-electron chi connectivity index (χ3n) is 3.31. The van der Waals surface area contributed by atoms with E-state index in [0.29, 0.717) is 6.04 Å². The van der Waals surface area contributed by atoms with Crippen molar-refractivity contribution in [3.8, 4) is 0 Å². The molecule has 106 valence electrons. The van der Waals surface area contributed by atoms with Crippen molar-refractivity contribution in [3.63, 3.8) is 0 Å². The van der Waals surface area contributed by atoms with E-state index in [0.717, 1.165) is 31.0 Å². The molecule has 0 bridgehead atoms. The van der Waals surface area contributed by atoms with Gasteiger partial charge in [-0.2, -0.15) is 0 Å². The fraction of sp³-hybridized carbons (Fsp3) is 0.357. The highest BCUT2D eigenvalue weighted by molar-refractivity contribution is 5.85. The van der Waals surface area contributed by atoms with Crippen LogP contribution in [0.25, 0.3) is 0 Å². The Labute approximate surface area is 124 Å². The van der Waals surface area contributed by atoms with E-state index < -0.39 is 0 Å². The molecule has 1 saturated heterocycles. The lowest BCUT2D eigenvalue weighted by atomic mass is 10.2. The Morgan fingerprint density at radius 1 is 1.20 bits per heavy atom. The van der Waals surface area contributed by atoms with Crippen molar-refractivity contribution in [1.82, 2.24) is 20.3 Å². The van der Waals surface area contributed by atoms with Gasteiger partial charge in [0.2, 0.25) is 0 Å². The second-order valence-corrected chi connectivity index (χ2v) is 4.68. The van der Waals surface area contributed by atoms with E-state index in [-0.39, 0.29) is 12.4 Å². The summed E-state index contributed by atoms with van der Waals surface area (Å²) in [5.41, 5.74) is 2.21. The summed E-state index contributed by atoms with van der Waals surface area (Å²) in [7, 11) is 0. The average molecular weight is 292 g/mol. The van der Waals surface area contributed by atoms with Crippen LogP contribution in [0.5, 0.6) is 0 Å². The van der Waals surface area contributed by atoms with Crippen LogP contribution in [-0.4, -0.2) is 21.5 Å². The number of hydrogen-bond donors (Lipinski definition) is 2. The molecule has 1 fully saturated rings. The summed E-state index contributed by atoms with van der Waals surface area (Å²) in [6.07, 6.45) is 9.61. The molecule has 0 saturated carbocycles. The zero-order valence-corrected chi connectivity index (χ0v) is 11.9. The molecule has 2 N–H and O–H groups in total. The summed E-state index contributed by atoms with van der Waals surface area (Å²) >= 11 is 0. The standard InChI is InChI=1S/C14H17N5.ClH/c1-2-12(16-5-1)13-9-19-14(10-17-13)18-8-11-3-6-15-7-4-11;/h3-4,6-7,9-10,12,16H,1-2,5,8H2,(H,18,19);1H. The number of nitrogens with zero attached hydrogens (tertiary/aromatic N) is 3. The van der Waals surface area contributed by atoms with Gasteiger partial charge in [0.25, 0.3) is 0 Å². The van der Waals surface area contributed by atoms with Gasteiger partial charge in [0.1, 0.15) is 5.82 Å². The van der Waals surface area contributed by atoms with Crippen molar-refractivity contribution in [2.75, 3.05) is 11.9 Å². The minimum Gasteiger partial charge on any atom is -0.365 e. The first-order valence-corrected chi connectivity index (χ1v) is 6.60. The lowest BCUT2D eigenvalue weighted by molar-refractivity contribution is 0.624. The smallest absolute Gasteiger partial charge is 0.144 e. The Balaban J connectivity index is 0.00000147. The Morgan fingerprint density at radius 3 is 2.70 bits per heavy atom. The first kappa shape index (κ1) is 14.7. The van der Waals surface area contributed by atoms with Crippen molar-refractivity contribution < 1.29 is 0 Å². The summed E-state index contributed by atoms with van der Waals surface area (Å²) < 4.78 is 0. The zero-order chi connectivity index (χ0) is 12.9. The summed E-state index contributed by atoms with van der Waals surface area (Å²) in [5.74, 6) is 0.804. The normalized spacial score (nSPS) is 17.5. The van der Waals surface area contributed by atoms with E-state index in [1.165, 1.54) is 12.0 Å². The number of aromatic nitrogens is 3. The number of hydrogen-bond acceptors (Lipinski definition) is 5. The molecule has 3 rings (SSSR count). The van der Waals surface area contributed by atoms with Crippen LogP contribution >= 0.6 is 12.4 Å². The van der Waals surface area contributed by atoms with Crippen LogP contribution in [0.2, 0.25) is 0 Å². The predicted octanol–water partition coefficient (Wildman–Crippen LogP) is 2.33. The highest BCUT2D eigenvalue weighted by Gasteiger charge is 2.17. The zero-order valence-electron chi connectivity index (χ0n) is 11.1. The Hall–Kier alpha value is -1.72. The van der Waals surface area contributed by atoms with Gasteiger partial charge in [0.05, 0.1) is 24.1 Å². The minimum atomic E-state index is 0. The van der Waals surface area contributed by atoms with Gasteiger partial charge in [-0.25, -0.2) is 4.98 Å². The van der Waals surface area contributed by atoms with Crippen molar-refractivity contribution in [2.24, 2.45) is 0 Å². The fourth-order valence-electron chi connectivity index (χ4n) is 2.24. The molecule has 1 aliphatic heterocycles. The molecule has 0 radical (unpaired) electrons. The molecule has 5 nitrogen and oxygen atoms in total. The van der Waals surface area contributed by atoms with Gasteiger partial charge in [-0.15, -0.1) is 12.4 Å². The summed E-state index contributed by atoms with van der Waals surface area (Å²) in [6, 6.07) is 4.34. The molecule has 0 spiro atoms. The van der Waals surface area contributed by atoms with Gasteiger partial charge in [-0.1, -0.05) is 0 Å². The first-order chi connectivity index (χ1) is 9.42. The molecule has 0 aliphatic carbocycles. The molecule has 0 amide bonds. The van der Waals surface area contributed by atoms with E-state index in [9.17, 15) is 0 Å². The Kier molecular flexibility index (Phi) is 5.26. The van der Waals surface area contributed by atoms with Gasteiger partial charge in [-0.05, 0) is 37.1 Å². The Bertz CT molecular complexity index is 511. The monoisotopic (exact) mass is 291 g/mol. The maximum absolute atomic E-state index is 4.47. The number of pyridine rings is 1. The van der Waals surface area contributed by atoms with E-state index in [1.807, 2.05) is 18.3 Å². The second-order valence-electron chi connectivity index (χ2n) is 4.68. The van der Waals surface area contributed by atoms with Gasteiger partial charge in [-0.3, -0.25) is 9.97 Å². The molecular weight excluding hydrogens is 274 g/mol. The van der Waals surface area contributed by atoms with Crippen LogP contribution < -0.4 is 10.6 Å². The minimum absolute atomic E-state index is 0. The fourth-order valence-corrected chi connectivity index (χ4v) is 2.24. The van der Waals surface area contributed by atoms with Crippen molar-refractivity contribution in [2.45, 2.75) is 25.4 Å². The van der Waals surface area contributed by atoms with Crippen LogP contribution in [0.1, 0.15) is 30.1 Å². The second kappa shape index (κ2) is 7.17. The van der Waals surface area contributed by atoms with Crippen LogP contribution in [0.15, 0.2) is 36.9 Å². The molecule has 2 aromatic rings. The van der Waals surface area contributed by atoms with Crippen LogP contribution in [0.4, 0.5) is 5.82 Å². The molecule has 20 heavy (non-hydrogen) atoms. The van der Waals surface area contributed by atoms with Gasteiger partial charge < -0.3 is 10.6 Å². The van der Waals surface area contributed by atoms with Crippen molar-refractivity contribution in [3.05, 3.63) is 48.2 Å². The third-order valence-corrected chi connectivity index (χ3v) is 3.31. The van der Waals surface area contributed by atoms with E-state index >= 15 is 0 Å². The summed E-state index contributed by atoms with van der Waals surface area (Å²) in [4.78, 5) is 12.9. The van der Waals surface area contributed by atoms with Crippen LogP contribution in [0, 0.1) is 0 Å². The third kappa shape index (κ3) is 3.65. The molecule has 0 aromatic carbocycles. The quantitative estimate of drug-likeness (QED) is 0.905. The van der Waals surface area contributed by atoms with E-state index in [1.54, 1.807) is 18.6 Å². The SMILES string of the molecule is Cl.c1cc(CNc2cnc(C3CCCN3)cn2)ccn1. The van der Waals surface area contributed by atoms with Crippen molar-refractivity contribution in [1.29, 1.82) is 0 Å². The Morgan fingerprint density at radius 2 is 2.05 bits per heavy atom. The summed E-state index contributed by atoms with van der Waals surface area (Å²) in [5, 5.41) is 6.68. The largest absolute Gasteiger partial charge is 0.365 e. The predicted molar refractivity (Wildman–Crippen MR) is 80.8 cm³/mol. The molecule has 1 aliphatic rings. The molecular formula is C14H18ClN5. The molecule has 3 heterocycles. The highest BCUT2D eigenvalue weighted by Crippen LogP contribution is 2.20. The lowest BCUT2D eigenvalue weighted by Gasteiger charge is -2.10. The molecule has 1 atom stereocenters.